The third-order valence-corrected chi connectivity index (χ3v) is 3.62. The Morgan fingerprint density at radius 1 is 1.53 bits per heavy atom. The Hall–Kier alpha value is -1.37. The van der Waals surface area contributed by atoms with Gasteiger partial charge in [-0.1, -0.05) is 0 Å². The van der Waals surface area contributed by atoms with Crippen molar-refractivity contribution < 1.29 is 9.53 Å². The van der Waals surface area contributed by atoms with E-state index in [0.717, 1.165) is 30.4 Å². The number of rotatable bonds is 3. The van der Waals surface area contributed by atoms with Crippen molar-refractivity contribution in [2.45, 2.75) is 25.8 Å². The number of halogens is 1. The molecule has 2 heterocycles. The Morgan fingerprint density at radius 3 is 2.79 bits per heavy atom. The molecule has 7 heteroatoms. The number of piperidine rings is 1. The van der Waals surface area contributed by atoms with Gasteiger partial charge in [-0.3, -0.25) is 4.79 Å². The largest absolute Gasteiger partial charge is 0.480 e. The summed E-state index contributed by atoms with van der Waals surface area (Å²) in [5, 5.41) is 2.95. The van der Waals surface area contributed by atoms with Crippen LogP contribution in [-0.4, -0.2) is 42.1 Å². The molecule has 0 unspecified atom stereocenters. The topological polar surface area (TPSA) is 67.3 Å². The summed E-state index contributed by atoms with van der Waals surface area (Å²) >= 11 is 3.34. The minimum absolute atomic E-state index is 0.0278. The number of carbonyl (C=O) groups is 1. The van der Waals surface area contributed by atoms with Crippen LogP contribution in [0.3, 0.4) is 0 Å². The van der Waals surface area contributed by atoms with Crippen molar-refractivity contribution in [1.29, 1.82) is 0 Å². The second-order valence-electron chi connectivity index (χ2n) is 4.49. The van der Waals surface area contributed by atoms with Crippen LogP contribution in [0.5, 0.6) is 5.88 Å². The Labute approximate surface area is 120 Å². The second kappa shape index (κ2) is 6.18. The SMILES string of the molecule is COc1nc(N2CCC(NC(C)=O)CC2)ncc1Br. The second-order valence-corrected chi connectivity index (χ2v) is 5.34. The average Bonchev–Trinajstić information content (AvgIpc) is 2.40. The Kier molecular flexibility index (Phi) is 4.57. The van der Waals surface area contributed by atoms with E-state index in [1.54, 1.807) is 20.2 Å². The summed E-state index contributed by atoms with van der Waals surface area (Å²) in [5.74, 6) is 1.23. The number of methoxy groups -OCH3 is 1. The molecule has 1 aromatic heterocycles. The van der Waals surface area contributed by atoms with Crippen LogP contribution in [0.25, 0.3) is 0 Å². The predicted molar refractivity (Wildman–Crippen MR) is 75.3 cm³/mol. The maximum absolute atomic E-state index is 11.0. The molecule has 104 valence electrons. The highest BCUT2D eigenvalue weighted by Gasteiger charge is 2.22. The fourth-order valence-corrected chi connectivity index (χ4v) is 2.50. The van der Waals surface area contributed by atoms with Crippen molar-refractivity contribution in [1.82, 2.24) is 15.3 Å². The van der Waals surface area contributed by atoms with E-state index in [-0.39, 0.29) is 11.9 Å². The highest BCUT2D eigenvalue weighted by Crippen LogP contribution is 2.24. The molecule has 0 saturated carbocycles. The Balaban J connectivity index is 1.99. The summed E-state index contributed by atoms with van der Waals surface area (Å²) in [4.78, 5) is 21.8. The van der Waals surface area contributed by atoms with E-state index in [1.807, 2.05) is 0 Å². The highest BCUT2D eigenvalue weighted by atomic mass is 79.9. The van der Waals surface area contributed by atoms with Crippen LogP contribution in [0, 0.1) is 0 Å². The first kappa shape index (κ1) is 14.0. The molecule has 2 rings (SSSR count). The van der Waals surface area contributed by atoms with Gasteiger partial charge in [0.05, 0.1) is 17.8 Å². The number of anilines is 1. The van der Waals surface area contributed by atoms with Crippen LogP contribution in [0.15, 0.2) is 10.7 Å². The molecular formula is C12H17BrN4O2. The standard InChI is InChI=1S/C12H17BrN4O2/c1-8(18)15-9-3-5-17(6-4-9)12-14-7-10(13)11(16-12)19-2/h7,9H,3-6H2,1-2H3,(H,15,18). The summed E-state index contributed by atoms with van der Waals surface area (Å²) in [5.41, 5.74) is 0. The van der Waals surface area contributed by atoms with E-state index in [1.165, 1.54) is 0 Å². The Morgan fingerprint density at radius 2 is 2.21 bits per heavy atom. The summed E-state index contributed by atoms with van der Waals surface area (Å²) in [6.07, 6.45) is 3.50. The zero-order valence-corrected chi connectivity index (χ0v) is 12.6. The number of amides is 1. The molecule has 1 amide bonds. The van der Waals surface area contributed by atoms with Crippen LogP contribution in [0.4, 0.5) is 5.95 Å². The number of hydrogen-bond acceptors (Lipinski definition) is 5. The van der Waals surface area contributed by atoms with Crippen molar-refractivity contribution in [3.8, 4) is 5.88 Å². The van der Waals surface area contributed by atoms with Gasteiger partial charge in [-0.05, 0) is 28.8 Å². The van der Waals surface area contributed by atoms with Gasteiger partial charge < -0.3 is 15.0 Å². The minimum atomic E-state index is 0.0278. The molecule has 1 aliphatic rings. The van der Waals surface area contributed by atoms with Gasteiger partial charge in [-0.2, -0.15) is 4.98 Å². The van der Waals surface area contributed by atoms with Crippen molar-refractivity contribution in [2.24, 2.45) is 0 Å². The highest BCUT2D eigenvalue weighted by molar-refractivity contribution is 9.10. The first-order chi connectivity index (χ1) is 9.10. The molecule has 1 N–H and O–H groups in total. The van der Waals surface area contributed by atoms with E-state index in [2.05, 4.69) is 36.1 Å². The molecule has 0 aromatic carbocycles. The summed E-state index contributed by atoms with van der Waals surface area (Å²) in [7, 11) is 1.58. The summed E-state index contributed by atoms with van der Waals surface area (Å²) in [6, 6.07) is 0.256. The van der Waals surface area contributed by atoms with Crippen LogP contribution < -0.4 is 15.0 Å². The van der Waals surface area contributed by atoms with Gasteiger partial charge in [0.2, 0.25) is 17.7 Å². The van der Waals surface area contributed by atoms with Crippen molar-refractivity contribution >= 4 is 27.8 Å². The number of ether oxygens (including phenoxy) is 1. The first-order valence-corrected chi connectivity index (χ1v) is 6.98. The molecule has 0 bridgehead atoms. The third kappa shape index (κ3) is 3.56. The molecule has 1 aromatic rings. The number of aromatic nitrogens is 2. The lowest BCUT2D eigenvalue weighted by Crippen LogP contribution is -2.44. The van der Waals surface area contributed by atoms with Crippen LogP contribution in [0.1, 0.15) is 19.8 Å². The molecule has 6 nitrogen and oxygen atoms in total. The molecule has 0 spiro atoms. The minimum Gasteiger partial charge on any atom is -0.480 e. The number of carbonyl (C=O) groups excluding carboxylic acids is 1. The van der Waals surface area contributed by atoms with Gasteiger partial charge in [0.15, 0.2) is 0 Å². The van der Waals surface area contributed by atoms with Crippen LogP contribution >= 0.6 is 15.9 Å². The van der Waals surface area contributed by atoms with Crippen LogP contribution in [0.2, 0.25) is 0 Å². The van der Waals surface area contributed by atoms with E-state index < -0.39 is 0 Å². The predicted octanol–water partition coefficient (Wildman–Crippen LogP) is 1.35. The fourth-order valence-electron chi connectivity index (χ4n) is 2.15. The van der Waals surface area contributed by atoms with Crippen molar-refractivity contribution in [2.75, 3.05) is 25.1 Å². The number of hydrogen-bond donors (Lipinski definition) is 1. The zero-order chi connectivity index (χ0) is 13.8. The zero-order valence-electron chi connectivity index (χ0n) is 11.0. The maximum atomic E-state index is 11.0. The smallest absolute Gasteiger partial charge is 0.232 e. The van der Waals surface area contributed by atoms with E-state index in [0.29, 0.717) is 11.8 Å². The van der Waals surface area contributed by atoms with Crippen molar-refractivity contribution in [3.63, 3.8) is 0 Å². The Bertz CT molecular complexity index is 461. The molecule has 1 fully saturated rings. The third-order valence-electron chi connectivity index (χ3n) is 3.08. The molecule has 1 aliphatic heterocycles. The van der Waals surface area contributed by atoms with Gasteiger partial charge >= 0.3 is 0 Å². The van der Waals surface area contributed by atoms with Crippen LogP contribution in [-0.2, 0) is 4.79 Å². The van der Waals surface area contributed by atoms with Gasteiger partial charge in [0.1, 0.15) is 0 Å². The molecular weight excluding hydrogens is 312 g/mol. The normalized spacial score (nSPS) is 16.3. The number of nitrogens with one attached hydrogen (secondary N) is 1. The molecule has 0 radical (unpaired) electrons. The van der Waals surface area contributed by atoms with Crippen molar-refractivity contribution in [3.05, 3.63) is 10.7 Å². The first-order valence-electron chi connectivity index (χ1n) is 6.18. The molecule has 19 heavy (non-hydrogen) atoms. The lowest BCUT2D eigenvalue weighted by Gasteiger charge is -2.32. The van der Waals surface area contributed by atoms with E-state index >= 15 is 0 Å². The maximum Gasteiger partial charge on any atom is 0.232 e. The van der Waals surface area contributed by atoms with Gasteiger partial charge in [0, 0.05) is 26.1 Å². The fraction of sp³-hybridized carbons (Fsp3) is 0.583. The molecule has 0 aliphatic carbocycles. The quantitative estimate of drug-likeness (QED) is 0.907. The number of nitrogens with zero attached hydrogens (tertiary/aromatic N) is 3. The average molecular weight is 329 g/mol. The molecule has 0 atom stereocenters. The van der Waals surface area contributed by atoms with E-state index in [9.17, 15) is 4.79 Å². The van der Waals surface area contributed by atoms with Gasteiger partial charge in [0.25, 0.3) is 0 Å². The monoisotopic (exact) mass is 328 g/mol. The van der Waals surface area contributed by atoms with E-state index in [4.69, 9.17) is 4.74 Å². The lowest BCUT2D eigenvalue weighted by atomic mass is 10.1. The van der Waals surface area contributed by atoms with Gasteiger partial charge in [-0.15, -0.1) is 0 Å². The molecule has 1 saturated heterocycles. The summed E-state index contributed by atoms with van der Waals surface area (Å²) < 4.78 is 5.91. The lowest BCUT2D eigenvalue weighted by molar-refractivity contribution is -0.119. The van der Waals surface area contributed by atoms with Gasteiger partial charge in [-0.25, -0.2) is 4.98 Å². The summed E-state index contributed by atoms with van der Waals surface area (Å²) in [6.45, 7) is 3.21.